The molecule has 1 aromatic carbocycles. The molecule has 3 aromatic rings. The molecule has 0 radical (unpaired) electrons. The summed E-state index contributed by atoms with van der Waals surface area (Å²) in [5.74, 6) is -0.351. The van der Waals surface area contributed by atoms with Crippen LogP contribution in [0.4, 0.5) is 4.39 Å². The van der Waals surface area contributed by atoms with Gasteiger partial charge in [0.05, 0.1) is 11.3 Å². The maximum atomic E-state index is 13.2. The Balaban J connectivity index is 2.12. The molecule has 0 N–H and O–H groups in total. The third kappa shape index (κ3) is 2.21. The molecule has 20 heavy (non-hydrogen) atoms. The molecule has 98 valence electrons. The molecule has 0 aliphatic heterocycles. The molecule has 0 saturated carbocycles. The average Bonchev–Trinajstić information content (AvgIpc) is 2.92. The molecule has 0 aliphatic rings. The maximum absolute atomic E-state index is 13.2. The first-order chi connectivity index (χ1) is 9.78. The second kappa shape index (κ2) is 5.05. The standard InChI is InChI=1S/C15H10FN3O/c16-13-2-1-3-14(8-13)19-9-12(10-20)15(18-19)11-4-6-17-7-5-11/h1-10H. The molecule has 0 fully saturated rings. The van der Waals surface area contributed by atoms with E-state index in [1.807, 2.05) is 0 Å². The topological polar surface area (TPSA) is 47.8 Å². The fourth-order valence-electron chi connectivity index (χ4n) is 1.96. The third-order valence-electron chi connectivity index (χ3n) is 2.90. The highest BCUT2D eigenvalue weighted by molar-refractivity contribution is 5.85. The van der Waals surface area contributed by atoms with E-state index in [-0.39, 0.29) is 5.82 Å². The Bertz CT molecular complexity index is 753. The number of aldehydes is 1. The van der Waals surface area contributed by atoms with Crippen molar-refractivity contribution in [1.82, 2.24) is 14.8 Å². The number of benzene rings is 1. The minimum absolute atomic E-state index is 0.351. The van der Waals surface area contributed by atoms with Gasteiger partial charge in [-0.15, -0.1) is 0 Å². The first kappa shape index (κ1) is 12.2. The molecule has 0 saturated heterocycles. The number of carbonyl (C=O) groups excluding carboxylic acids is 1. The smallest absolute Gasteiger partial charge is 0.153 e. The summed E-state index contributed by atoms with van der Waals surface area (Å²) >= 11 is 0. The normalized spacial score (nSPS) is 10.4. The van der Waals surface area contributed by atoms with Crippen LogP contribution in [0.3, 0.4) is 0 Å². The van der Waals surface area contributed by atoms with Crippen LogP contribution in [-0.2, 0) is 0 Å². The monoisotopic (exact) mass is 267 g/mol. The number of halogens is 1. The number of pyridine rings is 1. The summed E-state index contributed by atoms with van der Waals surface area (Å²) in [5.41, 5.74) is 2.35. The highest BCUT2D eigenvalue weighted by Crippen LogP contribution is 2.22. The quantitative estimate of drug-likeness (QED) is 0.685. The fraction of sp³-hybridized carbons (Fsp3) is 0. The summed E-state index contributed by atoms with van der Waals surface area (Å²) in [6.45, 7) is 0. The Morgan fingerprint density at radius 1 is 1.15 bits per heavy atom. The molecular weight excluding hydrogens is 257 g/mol. The zero-order chi connectivity index (χ0) is 13.9. The zero-order valence-electron chi connectivity index (χ0n) is 10.4. The largest absolute Gasteiger partial charge is 0.298 e. The number of carbonyl (C=O) groups is 1. The van der Waals surface area contributed by atoms with Crippen LogP contribution in [0.15, 0.2) is 55.0 Å². The molecule has 0 bridgehead atoms. The van der Waals surface area contributed by atoms with Crippen LogP contribution < -0.4 is 0 Å². The Morgan fingerprint density at radius 3 is 2.65 bits per heavy atom. The summed E-state index contributed by atoms with van der Waals surface area (Å²) in [6.07, 6.45) is 5.58. The molecule has 2 aromatic heterocycles. The van der Waals surface area contributed by atoms with Crippen LogP contribution in [0, 0.1) is 5.82 Å². The summed E-state index contributed by atoms with van der Waals surface area (Å²) in [5, 5.41) is 4.35. The molecule has 0 amide bonds. The van der Waals surface area contributed by atoms with Gasteiger partial charge in [0.2, 0.25) is 0 Å². The molecular formula is C15H10FN3O. The second-order valence-electron chi connectivity index (χ2n) is 4.21. The molecule has 0 unspecified atom stereocenters. The summed E-state index contributed by atoms with van der Waals surface area (Å²) < 4.78 is 14.7. The van der Waals surface area contributed by atoms with Gasteiger partial charge in [0.1, 0.15) is 11.5 Å². The van der Waals surface area contributed by atoms with E-state index in [4.69, 9.17) is 0 Å². The van der Waals surface area contributed by atoms with E-state index < -0.39 is 0 Å². The van der Waals surface area contributed by atoms with E-state index in [9.17, 15) is 9.18 Å². The Hall–Kier alpha value is -2.82. The molecule has 2 heterocycles. The summed E-state index contributed by atoms with van der Waals surface area (Å²) in [6, 6.07) is 9.58. The lowest BCUT2D eigenvalue weighted by atomic mass is 10.1. The number of rotatable bonds is 3. The van der Waals surface area contributed by atoms with Crippen molar-refractivity contribution in [2.45, 2.75) is 0 Å². The van der Waals surface area contributed by atoms with Gasteiger partial charge in [0.25, 0.3) is 0 Å². The molecule has 3 rings (SSSR count). The third-order valence-corrected chi connectivity index (χ3v) is 2.90. The lowest BCUT2D eigenvalue weighted by Gasteiger charge is -2.00. The van der Waals surface area contributed by atoms with Gasteiger partial charge in [0.15, 0.2) is 6.29 Å². The first-order valence-electron chi connectivity index (χ1n) is 5.99. The van der Waals surface area contributed by atoms with Gasteiger partial charge in [-0.3, -0.25) is 9.78 Å². The van der Waals surface area contributed by atoms with Crippen molar-refractivity contribution >= 4 is 6.29 Å². The van der Waals surface area contributed by atoms with Crippen molar-refractivity contribution in [2.75, 3.05) is 0 Å². The Labute approximate surface area is 114 Å². The van der Waals surface area contributed by atoms with Crippen molar-refractivity contribution in [2.24, 2.45) is 0 Å². The van der Waals surface area contributed by atoms with Gasteiger partial charge >= 0.3 is 0 Å². The minimum atomic E-state index is -0.351. The molecule has 4 nitrogen and oxygen atoms in total. The predicted molar refractivity (Wildman–Crippen MR) is 72.1 cm³/mol. The number of aromatic nitrogens is 3. The van der Waals surface area contributed by atoms with E-state index in [1.54, 1.807) is 42.9 Å². The van der Waals surface area contributed by atoms with Crippen molar-refractivity contribution in [3.8, 4) is 16.9 Å². The fourth-order valence-corrected chi connectivity index (χ4v) is 1.96. The van der Waals surface area contributed by atoms with Crippen LogP contribution in [0.25, 0.3) is 16.9 Å². The number of hydrogen-bond donors (Lipinski definition) is 0. The predicted octanol–water partition coefficient (Wildman–Crippen LogP) is 2.89. The molecule has 5 heteroatoms. The maximum Gasteiger partial charge on any atom is 0.153 e. The van der Waals surface area contributed by atoms with Crippen LogP contribution in [0.2, 0.25) is 0 Å². The van der Waals surface area contributed by atoms with Crippen molar-refractivity contribution in [1.29, 1.82) is 0 Å². The van der Waals surface area contributed by atoms with Crippen molar-refractivity contribution in [3.63, 3.8) is 0 Å². The highest BCUT2D eigenvalue weighted by Gasteiger charge is 2.11. The van der Waals surface area contributed by atoms with E-state index in [0.717, 1.165) is 11.8 Å². The number of nitrogens with zero attached hydrogens (tertiary/aromatic N) is 3. The zero-order valence-corrected chi connectivity index (χ0v) is 10.4. The van der Waals surface area contributed by atoms with E-state index >= 15 is 0 Å². The van der Waals surface area contributed by atoms with E-state index in [2.05, 4.69) is 10.1 Å². The lowest BCUT2D eigenvalue weighted by Crippen LogP contribution is -1.95. The Kier molecular flexibility index (Phi) is 3.09. The SMILES string of the molecule is O=Cc1cn(-c2cccc(F)c2)nc1-c1ccncc1. The van der Waals surface area contributed by atoms with Crippen molar-refractivity contribution < 1.29 is 9.18 Å². The van der Waals surface area contributed by atoms with Gasteiger partial charge < -0.3 is 0 Å². The van der Waals surface area contributed by atoms with E-state index in [1.165, 1.54) is 16.8 Å². The lowest BCUT2D eigenvalue weighted by molar-refractivity contribution is 0.112. The van der Waals surface area contributed by atoms with E-state index in [0.29, 0.717) is 16.9 Å². The van der Waals surface area contributed by atoms with Crippen LogP contribution in [0.1, 0.15) is 10.4 Å². The first-order valence-corrected chi connectivity index (χ1v) is 5.99. The minimum Gasteiger partial charge on any atom is -0.298 e. The van der Waals surface area contributed by atoms with Crippen LogP contribution in [0.5, 0.6) is 0 Å². The highest BCUT2D eigenvalue weighted by atomic mass is 19.1. The molecule has 0 spiro atoms. The van der Waals surface area contributed by atoms with Gasteiger partial charge in [-0.25, -0.2) is 9.07 Å². The second-order valence-corrected chi connectivity index (χ2v) is 4.21. The number of hydrogen-bond acceptors (Lipinski definition) is 3. The van der Waals surface area contributed by atoms with Gasteiger partial charge in [-0.05, 0) is 30.3 Å². The molecule has 0 atom stereocenters. The van der Waals surface area contributed by atoms with Crippen molar-refractivity contribution in [3.05, 3.63) is 66.4 Å². The average molecular weight is 267 g/mol. The van der Waals surface area contributed by atoms with Gasteiger partial charge in [-0.2, -0.15) is 5.10 Å². The Morgan fingerprint density at radius 2 is 1.95 bits per heavy atom. The summed E-state index contributed by atoms with van der Waals surface area (Å²) in [7, 11) is 0. The molecule has 0 aliphatic carbocycles. The van der Waals surface area contributed by atoms with Crippen LogP contribution >= 0.6 is 0 Å². The van der Waals surface area contributed by atoms with Gasteiger partial charge in [-0.1, -0.05) is 6.07 Å². The van der Waals surface area contributed by atoms with Gasteiger partial charge in [0, 0.05) is 24.2 Å². The summed E-state index contributed by atoms with van der Waals surface area (Å²) in [4.78, 5) is 15.1. The van der Waals surface area contributed by atoms with Crippen LogP contribution in [-0.4, -0.2) is 21.1 Å².